The van der Waals surface area contributed by atoms with Crippen molar-refractivity contribution in [2.75, 3.05) is 11.4 Å². The number of aromatic nitrogens is 2. The summed E-state index contributed by atoms with van der Waals surface area (Å²) in [4.78, 5) is 2.44. The van der Waals surface area contributed by atoms with Gasteiger partial charge in [-0.15, -0.1) is 0 Å². The van der Waals surface area contributed by atoms with Gasteiger partial charge in [0.25, 0.3) is 0 Å². The first-order chi connectivity index (χ1) is 27.3. The molecule has 2 N–H and O–H groups in total. The molecule has 4 nitrogen and oxygen atoms in total. The third kappa shape index (κ3) is 4.81. The van der Waals surface area contributed by atoms with E-state index in [2.05, 4.69) is 196 Å². The average Bonchev–Trinajstić information content (AvgIpc) is 3.87. The SMILES string of the molecule is C1=CC2=C(CN1)C1(c3ccccc3-c3ccc(-c4ccc(-c5cccc(-c6cc(-c7ccccc7)n[nH]6)c5)cc4)cc31)c1ccccc1N2c1ccccc1. The molecule has 0 saturated heterocycles. The number of aromatic amines is 1. The summed E-state index contributed by atoms with van der Waals surface area (Å²) in [5, 5.41) is 11.5. The van der Waals surface area contributed by atoms with Crippen LogP contribution in [0.4, 0.5) is 11.4 Å². The third-order valence-corrected chi connectivity index (χ3v) is 11.6. The van der Waals surface area contributed by atoms with Crippen LogP contribution in [-0.4, -0.2) is 16.7 Å². The zero-order chi connectivity index (χ0) is 36.3. The summed E-state index contributed by atoms with van der Waals surface area (Å²) < 4.78 is 0. The summed E-state index contributed by atoms with van der Waals surface area (Å²) in [5.41, 5.74) is 20.0. The number of H-pyrrole nitrogens is 1. The molecule has 0 fully saturated rings. The number of hydrogen-bond donors (Lipinski definition) is 2. The lowest BCUT2D eigenvalue weighted by Gasteiger charge is -2.47. The largest absolute Gasteiger partial charge is 0.387 e. The molecule has 3 aliphatic rings. The Morgan fingerprint density at radius 3 is 1.95 bits per heavy atom. The van der Waals surface area contributed by atoms with E-state index in [0.29, 0.717) is 0 Å². The first-order valence-corrected chi connectivity index (χ1v) is 18.9. The monoisotopic (exact) mass is 704 g/mol. The summed E-state index contributed by atoms with van der Waals surface area (Å²) in [6.07, 6.45) is 4.36. The maximum absolute atomic E-state index is 4.60. The van der Waals surface area contributed by atoms with Crippen molar-refractivity contribution in [2.45, 2.75) is 5.41 Å². The molecule has 4 heteroatoms. The van der Waals surface area contributed by atoms with Crippen LogP contribution in [0.5, 0.6) is 0 Å². The van der Waals surface area contributed by atoms with E-state index < -0.39 is 5.41 Å². The van der Waals surface area contributed by atoms with Gasteiger partial charge in [-0.05, 0) is 104 Å². The number of benzene rings is 7. The Bertz CT molecular complexity index is 2810. The van der Waals surface area contributed by atoms with Gasteiger partial charge in [-0.25, -0.2) is 0 Å². The Balaban J connectivity index is 1.01. The highest BCUT2D eigenvalue weighted by Crippen LogP contribution is 2.62. The second-order valence-corrected chi connectivity index (χ2v) is 14.5. The zero-order valence-electron chi connectivity index (χ0n) is 30.1. The van der Waals surface area contributed by atoms with E-state index >= 15 is 0 Å². The second kappa shape index (κ2) is 12.5. The van der Waals surface area contributed by atoms with Crippen LogP contribution in [0.15, 0.2) is 206 Å². The minimum absolute atomic E-state index is 0.454. The molecular weight excluding hydrogens is 669 g/mol. The van der Waals surface area contributed by atoms with Gasteiger partial charge < -0.3 is 10.2 Å². The summed E-state index contributed by atoms with van der Waals surface area (Å²) in [6.45, 7) is 0.751. The van der Waals surface area contributed by atoms with E-state index in [4.69, 9.17) is 0 Å². The van der Waals surface area contributed by atoms with Crippen LogP contribution in [0.2, 0.25) is 0 Å². The highest BCUT2D eigenvalue weighted by Gasteiger charge is 2.52. The standard InChI is InChI=1S/C51H36N4/c1-3-12-36(13-4-1)47-32-48(54-53-47)39-15-11-14-37(30-39)34-22-24-35(25-23-34)38-26-27-42-41-18-7-8-19-43(41)51(45(42)31-38)44-20-9-10-21-49(44)55(40-16-5-2-6-17-40)50-28-29-52-33-46(50)51/h1-32,52H,33H2,(H,53,54). The van der Waals surface area contributed by atoms with Crippen molar-refractivity contribution in [3.8, 4) is 55.9 Å². The van der Waals surface area contributed by atoms with E-state index in [1.165, 1.54) is 67.0 Å². The van der Waals surface area contributed by atoms with Gasteiger partial charge in [0.15, 0.2) is 0 Å². The van der Waals surface area contributed by atoms with Gasteiger partial charge in [0.1, 0.15) is 0 Å². The Morgan fingerprint density at radius 1 is 0.491 bits per heavy atom. The van der Waals surface area contributed by atoms with E-state index in [1.807, 2.05) is 18.2 Å². The van der Waals surface area contributed by atoms with Gasteiger partial charge in [-0.1, -0.05) is 146 Å². The van der Waals surface area contributed by atoms with Gasteiger partial charge in [0, 0.05) is 23.4 Å². The maximum Gasteiger partial charge on any atom is 0.0927 e. The van der Waals surface area contributed by atoms with Gasteiger partial charge in [0.2, 0.25) is 0 Å². The van der Waals surface area contributed by atoms with Gasteiger partial charge in [0.05, 0.1) is 28.2 Å². The minimum Gasteiger partial charge on any atom is -0.387 e. The Kier molecular flexibility index (Phi) is 7.11. The van der Waals surface area contributed by atoms with Crippen LogP contribution in [0.1, 0.15) is 16.7 Å². The average molecular weight is 705 g/mol. The molecule has 1 aromatic heterocycles. The molecule has 1 atom stereocenters. The predicted molar refractivity (Wildman–Crippen MR) is 225 cm³/mol. The molecule has 0 amide bonds. The fourth-order valence-corrected chi connectivity index (χ4v) is 9.18. The molecule has 0 bridgehead atoms. The molecule has 55 heavy (non-hydrogen) atoms. The number of anilines is 2. The Morgan fingerprint density at radius 2 is 1.13 bits per heavy atom. The van der Waals surface area contributed by atoms with Crippen LogP contribution < -0.4 is 10.2 Å². The first-order valence-electron chi connectivity index (χ1n) is 18.9. The number of para-hydroxylation sites is 2. The lowest BCUT2D eigenvalue weighted by Crippen LogP contribution is -2.43. The number of nitrogens with zero attached hydrogens (tertiary/aromatic N) is 2. The molecular formula is C51H36N4. The fourth-order valence-electron chi connectivity index (χ4n) is 9.18. The molecule has 1 unspecified atom stereocenters. The number of dihydropyridines is 1. The normalized spacial score (nSPS) is 16.3. The zero-order valence-corrected chi connectivity index (χ0v) is 30.1. The molecule has 2 aliphatic heterocycles. The topological polar surface area (TPSA) is 44.0 Å². The van der Waals surface area contributed by atoms with Crippen molar-refractivity contribution >= 4 is 11.4 Å². The molecule has 7 aromatic carbocycles. The van der Waals surface area contributed by atoms with Crippen LogP contribution >= 0.6 is 0 Å². The Labute approximate surface area is 320 Å². The van der Waals surface area contributed by atoms with Crippen LogP contribution in [0.25, 0.3) is 55.9 Å². The van der Waals surface area contributed by atoms with Crippen molar-refractivity contribution < 1.29 is 0 Å². The quantitative estimate of drug-likeness (QED) is 0.187. The van der Waals surface area contributed by atoms with E-state index in [9.17, 15) is 0 Å². The molecule has 11 rings (SSSR count). The van der Waals surface area contributed by atoms with Crippen molar-refractivity contribution in [1.29, 1.82) is 0 Å². The third-order valence-electron chi connectivity index (χ3n) is 11.6. The van der Waals surface area contributed by atoms with E-state index in [0.717, 1.165) is 34.7 Å². The minimum atomic E-state index is -0.454. The van der Waals surface area contributed by atoms with Crippen LogP contribution in [0, 0.1) is 0 Å². The summed E-state index contributed by atoms with van der Waals surface area (Å²) in [5.74, 6) is 0. The summed E-state index contributed by atoms with van der Waals surface area (Å²) >= 11 is 0. The lowest BCUT2D eigenvalue weighted by molar-refractivity contribution is 0.667. The number of nitrogens with one attached hydrogen (secondary N) is 2. The van der Waals surface area contributed by atoms with Crippen molar-refractivity contribution in [1.82, 2.24) is 15.5 Å². The predicted octanol–water partition coefficient (Wildman–Crippen LogP) is 11.9. The molecule has 3 heterocycles. The smallest absolute Gasteiger partial charge is 0.0927 e. The van der Waals surface area contributed by atoms with Crippen molar-refractivity contribution in [3.63, 3.8) is 0 Å². The summed E-state index contributed by atoms with van der Waals surface area (Å²) in [6, 6.07) is 66.0. The van der Waals surface area contributed by atoms with E-state index in [-0.39, 0.29) is 0 Å². The second-order valence-electron chi connectivity index (χ2n) is 14.5. The van der Waals surface area contributed by atoms with Gasteiger partial charge >= 0.3 is 0 Å². The van der Waals surface area contributed by atoms with Crippen molar-refractivity contribution in [3.05, 3.63) is 222 Å². The van der Waals surface area contributed by atoms with Gasteiger partial charge in [-0.2, -0.15) is 5.10 Å². The molecule has 1 aliphatic carbocycles. The highest BCUT2D eigenvalue weighted by atomic mass is 15.2. The summed E-state index contributed by atoms with van der Waals surface area (Å²) in [7, 11) is 0. The number of fused-ring (bicyclic) bond motifs is 8. The van der Waals surface area contributed by atoms with E-state index in [1.54, 1.807) is 0 Å². The first kappa shape index (κ1) is 31.4. The fraction of sp³-hybridized carbons (Fsp3) is 0.0392. The molecule has 260 valence electrons. The number of allylic oxidation sites excluding steroid dienone is 1. The number of rotatable bonds is 5. The highest BCUT2D eigenvalue weighted by molar-refractivity contribution is 5.93. The molecule has 0 radical (unpaired) electrons. The maximum atomic E-state index is 4.60. The number of hydrogen-bond acceptors (Lipinski definition) is 3. The van der Waals surface area contributed by atoms with Gasteiger partial charge in [-0.3, -0.25) is 5.10 Å². The molecule has 8 aromatic rings. The van der Waals surface area contributed by atoms with Crippen molar-refractivity contribution in [2.24, 2.45) is 0 Å². The van der Waals surface area contributed by atoms with Crippen LogP contribution in [-0.2, 0) is 5.41 Å². The van der Waals surface area contributed by atoms with Crippen LogP contribution in [0.3, 0.4) is 0 Å². The lowest BCUT2D eigenvalue weighted by atomic mass is 9.63. The molecule has 1 spiro atoms. The molecule has 0 saturated carbocycles. The Hall–Kier alpha value is -7.17.